The van der Waals surface area contributed by atoms with Crippen molar-refractivity contribution in [2.75, 3.05) is 6.61 Å². The number of nitrogens with two attached hydrogens (primary N) is 1. The second kappa shape index (κ2) is 6.11. The Bertz CT molecular complexity index is 204. The summed E-state index contributed by atoms with van der Waals surface area (Å²) in [4.78, 5) is 11.8. The fraction of sp³-hybridized carbons (Fsp3) is 0.917. The van der Waals surface area contributed by atoms with Crippen LogP contribution in [0.15, 0.2) is 0 Å². The third-order valence-corrected chi connectivity index (χ3v) is 2.93. The van der Waals surface area contributed by atoms with Gasteiger partial charge in [-0.05, 0) is 18.8 Å². The van der Waals surface area contributed by atoms with Crippen molar-refractivity contribution in [1.82, 2.24) is 0 Å². The van der Waals surface area contributed by atoms with Crippen LogP contribution in [0.1, 0.15) is 46.0 Å². The third-order valence-electron chi connectivity index (χ3n) is 2.93. The molecule has 0 aromatic carbocycles. The van der Waals surface area contributed by atoms with Gasteiger partial charge < -0.3 is 10.5 Å². The van der Waals surface area contributed by atoms with Crippen LogP contribution in [0.2, 0.25) is 0 Å². The Morgan fingerprint density at radius 1 is 1.33 bits per heavy atom. The molecular formula is C12H23NO2. The van der Waals surface area contributed by atoms with Crippen molar-refractivity contribution in [3.63, 3.8) is 0 Å². The maximum Gasteiger partial charge on any atom is 0.310 e. The van der Waals surface area contributed by atoms with Crippen LogP contribution in [-0.2, 0) is 9.53 Å². The largest absolute Gasteiger partial charge is 0.465 e. The number of ether oxygens (including phenoxy) is 1. The molecule has 1 fully saturated rings. The molecule has 3 heteroatoms. The first-order valence-corrected chi connectivity index (χ1v) is 6.03. The van der Waals surface area contributed by atoms with Crippen LogP contribution in [0.4, 0.5) is 0 Å². The smallest absolute Gasteiger partial charge is 0.310 e. The maximum absolute atomic E-state index is 11.8. The summed E-state index contributed by atoms with van der Waals surface area (Å²) < 4.78 is 5.25. The van der Waals surface area contributed by atoms with Gasteiger partial charge >= 0.3 is 5.97 Å². The van der Waals surface area contributed by atoms with Crippen LogP contribution in [-0.4, -0.2) is 18.6 Å². The molecule has 0 aliphatic heterocycles. The van der Waals surface area contributed by atoms with Gasteiger partial charge in [0.15, 0.2) is 0 Å². The fourth-order valence-electron chi connectivity index (χ4n) is 1.98. The molecule has 88 valence electrons. The zero-order valence-electron chi connectivity index (χ0n) is 9.87. The van der Waals surface area contributed by atoms with Crippen LogP contribution in [0, 0.1) is 11.8 Å². The van der Waals surface area contributed by atoms with E-state index in [9.17, 15) is 4.79 Å². The van der Waals surface area contributed by atoms with E-state index in [0.29, 0.717) is 12.5 Å². The summed E-state index contributed by atoms with van der Waals surface area (Å²) in [6.45, 7) is 4.60. The molecule has 1 aliphatic rings. The molecule has 2 atom stereocenters. The van der Waals surface area contributed by atoms with Crippen LogP contribution >= 0.6 is 0 Å². The monoisotopic (exact) mass is 213 g/mol. The topological polar surface area (TPSA) is 52.3 Å². The second-order valence-electron chi connectivity index (χ2n) is 4.93. The molecule has 0 aromatic heterocycles. The predicted octanol–water partition coefficient (Wildman–Crippen LogP) is 2.09. The van der Waals surface area contributed by atoms with E-state index >= 15 is 0 Å². The number of carbonyl (C=O) groups is 1. The third kappa shape index (κ3) is 4.20. The first kappa shape index (κ1) is 12.5. The summed E-state index contributed by atoms with van der Waals surface area (Å²) in [5.41, 5.74) is 5.99. The molecule has 0 bridgehead atoms. The van der Waals surface area contributed by atoms with Crippen molar-refractivity contribution < 1.29 is 9.53 Å². The Balaban J connectivity index is 2.41. The molecule has 2 unspecified atom stereocenters. The first-order valence-electron chi connectivity index (χ1n) is 6.03. The van der Waals surface area contributed by atoms with Gasteiger partial charge in [0.1, 0.15) is 0 Å². The highest BCUT2D eigenvalue weighted by atomic mass is 16.5. The van der Waals surface area contributed by atoms with E-state index in [-0.39, 0.29) is 17.9 Å². The second-order valence-corrected chi connectivity index (χ2v) is 4.93. The van der Waals surface area contributed by atoms with Crippen molar-refractivity contribution in [2.24, 2.45) is 17.6 Å². The molecule has 1 rings (SSSR count). The van der Waals surface area contributed by atoms with Gasteiger partial charge in [0.05, 0.1) is 12.5 Å². The van der Waals surface area contributed by atoms with Crippen molar-refractivity contribution in [2.45, 2.75) is 52.0 Å². The summed E-state index contributed by atoms with van der Waals surface area (Å²) >= 11 is 0. The predicted molar refractivity (Wildman–Crippen MR) is 60.3 cm³/mol. The number of rotatable bonds is 3. The molecule has 0 aromatic rings. The number of hydrogen-bond donors (Lipinski definition) is 1. The standard InChI is InChI=1S/C12H23NO2/c1-9(2)8-15-12(14)10-6-4-3-5-7-11(10)13/h9-11H,3-8,13H2,1-2H3. The molecule has 15 heavy (non-hydrogen) atoms. The van der Waals surface area contributed by atoms with E-state index in [1.54, 1.807) is 0 Å². The minimum Gasteiger partial charge on any atom is -0.465 e. The molecule has 0 saturated heterocycles. The van der Waals surface area contributed by atoms with Gasteiger partial charge in [0.25, 0.3) is 0 Å². The van der Waals surface area contributed by atoms with Crippen molar-refractivity contribution in [3.8, 4) is 0 Å². The zero-order valence-corrected chi connectivity index (χ0v) is 9.87. The number of esters is 1. The van der Waals surface area contributed by atoms with Crippen LogP contribution < -0.4 is 5.73 Å². The minimum absolute atomic E-state index is 0.00663. The lowest BCUT2D eigenvalue weighted by molar-refractivity contribution is -0.150. The quantitative estimate of drug-likeness (QED) is 0.577. The number of hydrogen-bond acceptors (Lipinski definition) is 3. The van der Waals surface area contributed by atoms with E-state index in [1.807, 2.05) is 13.8 Å². The van der Waals surface area contributed by atoms with Gasteiger partial charge in [0.2, 0.25) is 0 Å². The highest BCUT2D eigenvalue weighted by molar-refractivity contribution is 5.73. The van der Waals surface area contributed by atoms with Crippen LogP contribution in [0.5, 0.6) is 0 Å². The highest BCUT2D eigenvalue weighted by Crippen LogP contribution is 2.23. The number of carbonyl (C=O) groups excluding carboxylic acids is 1. The van der Waals surface area contributed by atoms with Crippen LogP contribution in [0.3, 0.4) is 0 Å². The molecule has 1 aliphatic carbocycles. The molecule has 0 spiro atoms. The molecule has 1 saturated carbocycles. The van der Waals surface area contributed by atoms with E-state index in [0.717, 1.165) is 25.7 Å². The van der Waals surface area contributed by atoms with Gasteiger partial charge in [-0.1, -0.05) is 33.1 Å². The minimum atomic E-state index is -0.0851. The zero-order chi connectivity index (χ0) is 11.3. The normalized spacial score (nSPS) is 27.5. The van der Waals surface area contributed by atoms with E-state index < -0.39 is 0 Å². The fourth-order valence-corrected chi connectivity index (χ4v) is 1.98. The van der Waals surface area contributed by atoms with Gasteiger partial charge in [-0.15, -0.1) is 0 Å². The summed E-state index contributed by atoms with van der Waals surface area (Å²) in [6, 6.07) is 0.00663. The Morgan fingerprint density at radius 3 is 2.67 bits per heavy atom. The molecule has 0 amide bonds. The van der Waals surface area contributed by atoms with E-state index in [4.69, 9.17) is 10.5 Å². The van der Waals surface area contributed by atoms with Gasteiger partial charge in [-0.3, -0.25) is 4.79 Å². The Labute approximate surface area is 92.4 Å². The van der Waals surface area contributed by atoms with Crippen molar-refractivity contribution >= 4 is 5.97 Å². The lowest BCUT2D eigenvalue weighted by Crippen LogP contribution is -2.36. The summed E-state index contributed by atoms with van der Waals surface area (Å²) in [7, 11) is 0. The average molecular weight is 213 g/mol. The lowest BCUT2D eigenvalue weighted by Gasteiger charge is -2.20. The lowest BCUT2D eigenvalue weighted by atomic mass is 9.96. The average Bonchev–Trinajstić information content (AvgIpc) is 2.39. The van der Waals surface area contributed by atoms with E-state index in [2.05, 4.69) is 0 Å². The summed E-state index contributed by atoms with van der Waals surface area (Å²) in [5.74, 6) is 0.250. The Kier molecular flexibility index (Phi) is 5.09. The van der Waals surface area contributed by atoms with Crippen molar-refractivity contribution in [3.05, 3.63) is 0 Å². The van der Waals surface area contributed by atoms with E-state index in [1.165, 1.54) is 6.42 Å². The molecule has 2 N–H and O–H groups in total. The maximum atomic E-state index is 11.8. The van der Waals surface area contributed by atoms with Gasteiger partial charge in [0, 0.05) is 6.04 Å². The molecule has 0 radical (unpaired) electrons. The Hall–Kier alpha value is -0.570. The molecule has 3 nitrogen and oxygen atoms in total. The van der Waals surface area contributed by atoms with Crippen LogP contribution in [0.25, 0.3) is 0 Å². The Morgan fingerprint density at radius 2 is 2.00 bits per heavy atom. The SMILES string of the molecule is CC(C)COC(=O)C1CCCCCC1N. The summed E-state index contributed by atoms with van der Waals surface area (Å²) in [6.07, 6.45) is 5.31. The molecule has 0 heterocycles. The highest BCUT2D eigenvalue weighted by Gasteiger charge is 2.28. The first-order chi connectivity index (χ1) is 7.11. The van der Waals surface area contributed by atoms with Gasteiger partial charge in [-0.25, -0.2) is 0 Å². The van der Waals surface area contributed by atoms with Gasteiger partial charge in [-0.2, -0.15) is 0 Å². The summed E-state index contributed by atoms with van der Waals surface area (Å²) in [5, 5.41) is 0. The van der Waals surface area contributed by atoms with Crippen molar-refractivity contribution in [1.29, 1.82) is 0 Å². The molecular weight excluding hydrogens is 190 g/mol.